The summed E-state index contributed by atoms with van der Waals surface area (Å²) < 4.78 is 38.1. The van der Waals surface area contributed by atoms with E-state index in [2.05, 4.69) is 4.98 Å². The summed E-state index contributed by atoms with van der Waals surface area (Å²) in [7, 11) is -2.77. The summed E-state index contributed by atoms with van der Waals surface area (Å²) in [4.78, 5) is 16.1. The molecule has 0 aliphatic rings. The number of sulfonamides is 1. The number of rotatable bonds is 6. The van der Waals surface area contributed by atoms with Gasteiger partial charge < -0.3 is 9.15 Å². The molecule has 2 heterocycles. The van der Waals surface area contributed by atoms with Crippen molar-refractivity contribution in [1.82, 2.24) is 4.98 Å². The first-order valence-corrected chi connectivity index (χ1v) is 9.53. The van der Waals surface area contributed by atoms with Gasteiger partial charge in [0.25, 0.3) is 10.0 Å². The highest BCUT2D eigenvalue weighted by atomic mass is 32.2. The molecule has 140 valence electrons. The number of carbonyl (C=O) groups is 1. The minimum absolute atomic E-state index is 0.00242. The van der Waals surface area contributed by atoms with Crippen LogP contribution in [0, 0.1) is 6.92 Å². The number of ether oxygens (including phenoxy) is 1. The van der Waals surface area contributed by atoms with E-state index < -0.39 is 16.0 Å². The van der Waals surface area contributed by atoms with Gasteiger partial charge >= 0.3 is 5.97 Å². The zero-order valence-electron chi connectivity index (χ0n) is 14.8. The number of benzene rings is 1. The number of anilines is 1. The summed E-state index contributed by atoms with van der Waals surface area (Å²) in [5.41, 5.74) is 0.502. The van der Waals surface area contributed by atoms with Gasteiger partial charge in [0.05, 0.1) is 30.4 Å². The van der Waals surface area contributed by atoms with Crippen LogP contribution >= 0.6 is 0 Å². The van der Waals surface area contributed by atoms with Gasteiger partial charge in [0.1, 0.15) is 11.6 Å². The third-order valence-corrected chi connectivity index (χ3v) is 5.94. The molecule has 2 aromatic heterocycles. The van der Waals surface area contributed by atoms with Crippen molar-refractivity contribution in [2.45, 2.75) is 18.4 Å². The third kappa shape index (κ3) is 3.70. The Bertz CT molecular complexity index is 1030. The van der Waals surface area contributed by atoms with Crippen LogP contribution in [0.5, 0.6) is 0 Å². The molecule has 0 spiro atoms. The molecule has 7 nitrogen and oxygen atoms in total. The number of furan rings is 1. The lowest BCUT2D eigenvalue weighted by molar-refractivity contribution is 0.0599. The van der Waals surface area contributed by atoms with Crippen molar-refractivity contribution in [2.75, 3.05) is 11.4 Å². The smallest absolute Gasteiger partial charge is 0.338 e. The lowest BCUT2D eigenvalue weighted by atomic mass is 10.1. The Kier molecular flexibility index (Phi) is 5.27. The molecule has 3 aromatic rings. The van der Waals surface area contributed by atoms with Crippen molar-refractivity contribution >= 4 is 21.8 Å². The molecule has 27 heavy (non-hydrogen) atoms. The molecule has 0 saturated heterocycles. The fourth-order valence-electron chi connectivity index (χ4n) is 2.68. The van der Waals surface area contributed by atoms with Crippen LogP contribution in [0.3, 0.4) is 0 Å². The Balaban J connectivity index is 2.12. The van der Waals surface area contributed by atoms with E-state index in [9.17, 15) is 13.2 Å². The quantitative estimate of drug-likeness (QED) is 0.605. The predicted octanol–water partition coefficient (Wildman–Crippen LogP) is 3.17. The van der Waals surface area contributed by atoms with Gasteiger partial charge in [-0.15, -0.1) is 0 Å². The maximum atomic E-state index is 13.4. The molecule has 0 fully saturated rings. The van der Waals surface area contributed by atoms with Crippen LogP contribution in [0.1, 0.15) is 21.7 Å². The number of esters is 1. The largest absolute Gasteiger partial charge is 0.467 e. The average molecular weight is 386 g/mol. The first-order chi connectivity index (χ1) is 12.9. The Labute approximate surface area is 157 Å². The van der Waals surface area contributed by atoms with Gasteiger partial charge in [0.2, 0.25) is 0 Å². The molecular weight excluding hydrogens is 368 g/mol. The predicted molar refractivity (Wildman–Crippen MR) is 98.8 cm³/mol. The van der Waals surface area contributed by atoms with Crippen LogP contribution in [0.15, 0.2) is 70.3 Å². The molecule has 0 radical (unpaired) electrons. The zero-order chi connectivity index (χ0) is 19.4. The summed E-state index contributed by atoms with van der Waals surface area (Å²) in [6.45, 7) is 1.54. The number of carbonyl (C=O) groups excluding carboxylic acids is 1. The summed E-state index contributed by atoms with van der Waals surface area (Å²) in [5.74, 6) is 0.114. The second kappa shape index (κ2) is 7.63. The molecule has 0 N–H and O–H groups in total. The fraction of sp³-hybridized carbons (Fsp3) is 0.158. The van der Waals surface area contributed by atoms with Crippen molar-refractivity contribution in [1.29, 1.82) is 0 Å². The van der Waals surface area contributed by atoms with Crippen LogP contribution < -0.4 is 4.31 Å². The number of methoxy groups -OCH3 is 1. The molecule has 8 heteroatoms. The van der Waals surface area contributed by atoms with Crippen LogP contribution in [0.25, 0.3) is 0 Å². The molecule has 0 atom stereocenters. The van der Waals surface area contributed by atoms with Crippen molar-refractivity contribution in [2.24, 2.45) is 0 Å². The summed E-state index contributed by atoms with van der Waals surface area (Å²) >= 11 is 0. The van der Waals surface area contributed by atoms with Crippen molar-refractivity contribution in [3.8, 4) is 0 Å². The van der Waals surface area contributed by atoms with Crippen LogP contribution in [0.2, 0.25) is 0 Å². The van der Waals surface area contributed by atoms with Gasteiger partial charge in [-0.2, -0.15) is 0 Å². The Morgan fingerprint density at radius 3 is 2.59 bits per heavy atom. The normalized spacial score (nSPS) is 11.2. The Morgan fingerprint density at radius 2 is 1.96 bits per heavy atom. The van der Waals surface area contributed by atoms with Gasteiger partial charge in [-0.1, -0.05) is 12.1 Å². The Morgan fingerprint density at radius 1 is 1.15 bits per heavy atom. The molecule has 3 rings (SSSR count). The maximum absolute atomic E-state index is 13.4. The van der Waals surface area contributed by atoms with E-state index in [1.54, 1.807) is 37.3 Å². The molecular formula is C19H18N2O5S. The molecule has 0 aliphatic heterocycles. The topological polar surface area (TPSA) is 89.7 Å². The van der Waals surface area contributed by atoms with Gasteiger partial charge in [-0.05, 0) is 48.9 Å². The number of pyridine rings is 1. The second-order valence-corrected chi connectivity index (χ2v) is 7.53. The number of hydrogen-bond donors (Lipinski definition) is 0. The molecule has 0 unspecified atom stereocenters. The third-order valence-electron chi connectivity index (χ3n) is 4.04. The average Bonchev–Trinajstić information content (AvgIpc) is 3.19. The maximum Gasteiger partial charge on any atom is 0.338 e. The Hall–Kier alpha value is -3.13. The lowest BCUT2D eigenvalue weighted by Crippen LogP contribution is -2.32. The minimum atomic E-state index is -4.02. The summed E-state index contributed by atoms with van der Waals surface area (Å²) in [6, 6.07) is 12.8. The zero-order valence-corrected chi connectivity index (χ0v) is 15.6. The van der Waals surface area contributed by atoms with Gasteiger partial charge in [-0.25, -0.2) is 22.5 Å². The van der Waals surface area contributed by atoms with E-state index in [1.165, 1.54) is 37.8 Å². The first kappa shape index (κ1) is 18.7. The van der Waals surface area contributed by atoms with Crippen LogP contribution in [-0.2, 0) is 21.3 Å². The molecule has 0 amide bonds. The van der Waals surface area contributed by atoms with E-state index >= 15 is 0 Å². The highest BCUT2D eigenvalue weighted by Crippen LogP contribution is 2.28. The number of hydrogen-bond acceptors (Lipinski definition) is 6. The van der Waals surface area contributed by atoms with Gasteiger partial charge in [0, 0.05) is 6.20 Å². The van der Waals surface area contributed by atoms with E-state index in [0.717, 1.165) is 4.31 Å². The molecule has 0 aliphatic carbocycles. The van der Waals surface area contributed by atoms with Crippen molar-refractivity contribution < 1.29 is 22.4 Å². The fourth-order valence-corrected chi connectivity index (χ4v) is 4.31. The highest BCUT2D eigenvalue weighted by molar-refractivity contribution is 7.92. The van der Waals surface area contributed by atoms with Crippen LogP contribution in [-0.4, -0.2) is 26.5 Å². The van der Waals surface area contributed by atoms with Crippen molar-refractivity contribution in [3.63, 3.8) is 0 Å². The molecule has 1 aromatic carbocycles. The lowest BCUT2D eigenvalue weighted by Gasteiger charge is -2.23. The number of nitrogens with zero attached hydrogens (tertiary/aromatic N) is 2. The van der Waals surface area contributed by atoms with Gasteiger partial charge in [-0.3, -0.25) is 0 Å². The van der Waals surface area contributed by atoms with E-state index in [4.69, 9.17) is 9.15 Å². The molecule has 0 bridgehead atoms. The summed E-state index contributed by atoms with van der Waals surface area (Å²) in [5, 5.41) is 0. The summed E-state index contributed by atoms with van der Waals surface area (Å²) in [6.07, 6.45) is 2.99. The van der Waals surface area contributed by atoms with E-state index in [0.29, 0.717) is 11.3 Å². The monoisotopic (exact) mass is 386 g/mol. The van der Waals surface area contributed by atoms with Crippen LogP contribution in [0.4, 0.5) is 5.82 Å². The van der Waals surface area contributed by atoms with E-state index in [-0.39, 0.29) is 22.8 Å². The first-order valence-electron chi connectivity index (χ1n) is 8.09. The van der Waals surface area contributed by atoms with Crippen molar-refractivity contribution in [3.05, 3.63) is 77.9 Å². The highest BCUT2D eigenvalue weighted by Gasteiger charge is 2.30. The minimum Gasteiger partial charge on any atom is -0.467 e. The number of aromatic nitrogens is 1. The van der Waals surface area contributed by atoms with Gasteiger partial charge in [0.15, 0.2) is 0 Å². The molecule has 0 saturated carbocycles. The standard InChI is InChI=1S/C19H18N2O5S/c1-14-16(19(22)25-2)8-5-9-17(14)27(23,24)21(13-15-7-6-12-26-15)18-10-3-4-11-20-18/h3-12H,13H2,1-2H3. The SMILES string of the molecule is COC(=O)c1cccc(S(=O)(=O)N(Cc2ccco2)c2ccccn2)c1C. The second-order valence-electron chi connectivity index (χ2n) is 5.70. The van der Waals surface area contributed by atoms with E-state index in [1.807, 2.05) is 0 Å².